The van der Waals surface area contributed by atoms with Gasteiger partial charge in [-0.1, -0.05) is 109 Å². The van der Waals surface area contributed by atoms with Gasteiger partial charge in [-0.2, -0.15) is 4.58 Å². The van der Waals surface area contributed by atoms with Gasteiger partial charge in [0.15, 0.2) is 0 Å². The van der Waals surface area contributed by atoms with Gasteiger partial charge in [-0.15, -0.1) is 11.3 Å². The van der Waals surface area contributed by atoms with Gasteiger partial charge in [0.2, 0.25) is 11.4 Å². The van der Waals surface area contributed by atoms with Gasteiger partial charge >= 0.3 is 0 Å². The molecule has 0 aliphatic heterocycles. The molecule has 0 unspecified atom stereocenters. The van der Waals surface area contributed by atoms with Gasteiger partial charge in [-0.3, -0.25) is 0 Å². The fourth-order valence-corrected chi connectivity index (χ4v) is 7.74. The van der Waals surface area contributed by atoms with E-state index in [2.05, 4.69) is 157 Å². The van der Waals surface area contributed by atoms with Gasteiger partial charge in [0, 0.05) is 44.4 Å². The topological polar surface area (TPSA) is 3.01 Å². The molecule has 1 aromatic heterocycles. The molecule has 1 nitrogen and oxygen atoms in total. The highest BCUT2D eigenvalue weighted by Crippen LogP contribution is 2.56. The molecule has 1 heterocycles. The van der Waals surface area contributed by atoms with Crippen molar-refractivity contribution in [2.45, 2.75) is 5.41 Å². The lowest BCUT2D eigenvalue weighted by molar-refractivity contribution is 0.767. The smallest absolute Gasteiger partial charge is 0.167 e. The molecule has 6 aromatic carbocycles. The number of fused-ring (bicyclic) bond motifs is 6. The third-order valence-electron chi connectivity index (χ3n) is 8.42. The van der Waals surface area contributed by atoms with E-state index >= 15 is 0 Å². The third-order valence-corrected chi connectivity index (χ3v) is 9.57. The van der Waals surface area contributed by atoms with E-state index in [4.69, 9.17) is 0 Å². The molecule has 0 saturated heterocycles. The minimum absolute atomic E-state index is 0.418. The lowest BCUT2D eigenvalue weighted by Gasteiger charge is -2.33. The van der Waals surface area contributed by atoms with Crippen molar-refractivity contribution in [1.82, 2.24) is 4.58 Å². The number of hydrogen-bond acceptors (Lipinski definition) is 1. The molecule has 0 amide bonds. The first kappa shape index (κ1) is 23.1. The molecule has 0 saturated carbocycles. The van der Waals surface area contributed by atoms with E-state index in [1.54, 1.807) is 0 Å². The second kappa shape index (κ2) is 8.87. The summed E-state index contributed by atoms with van der Waals surface area (Å²) in [5.74, 6) is 0. The summed E-state index contributed by atoms with van der Waals surface area (Å²) in [6.45, 7) is 4.54. The molecule has 188 valence electrons. The van der Waals surface area contributed by atoms with Crippen molar-refractivity contribution in [2.75, 3.05) is 0 Å². The number of rotatable bonds is 4. The fraction of sp³-hybridized carbons (Fsp3) is 0.0263. The molecule has 2 heteroatoms. The van der Waals surface area contributed by atoms with Crippen molar-refractivity contribution in [2.24, 2.45) is 0 Å². The highest BCUT2D eigenvalue weighted by atomic mass is 32.1. The summed E-state index contributed by atoms with van der Waals surface area (Å²) in [5, 5.41) is 2.58. The Morgan fingerprint density at radius 1 is 0.475 bits per heavy atom. The molecule has 7 aromatic rings. The minimum Gasteiger partial charge on any atom is -0.167 e. The Hall–Kier alpha value is -4.79. The van der Waals surface area contributed by atoms with E-state index < -0.39 is 5.41 Å². The standard InChI is InChI=1S/C38H26NS/c1-39(29-22-23-37-33(25-29)32-18-7-10-21-36(32)40-37)28-15-11-14-27(24-28)38(26-12-3-2-4-13-26)34-19-8-5-16-30(34)31-17-6-9-20-35(31)38/h2-25H,1H2/q+1. The second-order valence-corrected chi connectivity index (χ2v) is 11.5. The largest absolute Gasteiger partial charge is 0.211 e. The van der Waals surface area contributed by atoms with Gasteiger partial charge in [-0.05, 0) is 45.5 Å². The summed E-state index contributed by atoms with van der Waals surface area (Å²) < 4.78 is 4.69. The summed E-state index contributed by atoms with van der Waals surface area (Å²) in [5.41, 5.74) is 9.47. The zero-order valence-corrected chi connectivity index (χ0v) is 22.7. The summed E-state index contributed by atoms with van der Waals surface area (Å²) in [6.07, 6.45) is 0. The Labute approximate surface area is 237 Å². The van der Waals surface area contributed by atoms with E-state index in [1.165, 1.54) is 53.6 Å². The summed E-state index contributed by atoms with van der Waals surface area (Å²) in [4.78, 5) is 0. The van der Waals surface area contributed by atoms with Gasteiger partial charge in [0.25, 0.3) is 0 Å². The Morgan fingerprint density at radius 3 is 1.85 bits per heavy atom. The highest BCUT2D eigenvalue weighted by molar-refractivity contribution is 7.25. The number of hydrogen-bond donors (Lipinski definition) is 0. The molecule has 1 aliphatic rings. The van der Waals surface area contributed by atoms with Gasteiger partial charge in [0.1, 0.15) is 6.72 Å². The van der Waals surface area contributed by atoms with Crippen LogP contribution in [0.2, 0.25) is 0 Å². The van der Waals surface area contributed by atoms with Crippen LogP contribution in [0.1, 0.15) is 22.3 Å². The molecule has 40 heavy (non-hydrogen) atoms. The number of benzene rings is 6. The first-order chi connectivity index (χ1) is 19.7. The Morgan fingerprint density at radius 2 is 1.07 bits per heavy atom. The summed E-state index contributed by atoms with van der Waals surface area (Å²) in [6, 6.07) is 53.0. The van der Waals surface area contributed by atoms with Gasteiger partial charge < -0.3 is 0 Å². The van der Waals surface area contributed by atoms with Gasteiger partial charge in [0.05, 0.1) is 5.41 Å². The molecular formula is C38H26NS+. The van der Waals surface area contributed by atoms with Crippen molar-refractivity contribution >= 4 is 49.6 Å². The zero-order valence-electron chi connectivity index (χ0n) is 21.9. The van der Waals surface area contributed by atoms with Crippen LogP contribution < -0.4 is 4.58 Å². The van der Waals surface area contributed by atoms with E-state index in [9.17, 15) is 0 Å². The van der Waals surface area contributed by atoms with Crippen LogP contribution in [0.25, 0.3) is 31.3 Å². The van der Waals surface area contributed by atoms with Crippen molar-refractivity contribution in [3.8, 4) is 11.1 Å². The average Bonchev–Trinajstić information content (AvgIpc) is 3.55. The Kier molecular flexibility index (Phi) is 5.13. The molecule has 1 aliphatic carbocycles. The van der Waals surface area contributed by atoms with E-state index in [1.807, 2.05) is 11.3 Å². The predicted molar refractivity (Wildman–Crippen MR) is 172 cm³/mol. The Balaban J connectivity index is 1.34. The zero-order chi connectivity index (χ0) is 26.7. The fourth-order valence-electron chi connectivity index (χ4n) is 6.65. The molecule has 0 atom stereocenters. The number of thiophene rings is 1. The second-order valence-electron chi connectivity index (χ2n) is 10.5. The maximum Gasteiger partial charge on any atom is 0.211 e. The van der Waals surface area contributed by atoms with Crippen molar-refractivity contribution in [3.63, 3.8) is 0 Å². The third kappa shape index (κ3) is 3.23. The summed E-state index contributed by atoms with van der Waals surface area (Å²) in [7, 11) is 0. The molecule has 0 N–H and O–H groups in total. The first-order valence-electron chi connectivity index (χ1n) is 13.6. The van der Waals surface area contributed by atoms with Crippen LogP contribution >= 0.6 is 11.3 Å². The minimum atomic E-state index is -0.418. The molecule has 8 rings (SSSR count). The first-order valence-corrected chi connectivity index (χ1v) is 14.4. The van der Waals surface area contributed by atoms with E-state index in [0.717, 1.165) is 11.4 Å². The van der Waals surface area contributed by atoms with Crippen LogP contribution in [0, 0.1) is 0 Å². The maximum absolute atomic E-state index is 4.54. The van der Waals surface area contributed by atoms with Crippen molar-refractivity contribution in [1.29, 1.82) is 0 Å². The van der Waals surface area contributed by atoms with Crippen LogP contribution in [0.5, 0.6) is 0 Å². The molecule has 0 radical (unpaired) electrons. The van der Waals surface area contributed by atoms with E-state index in [-0.39, 0.29) is 0 Å². The van der Waals surface area contributed by atoms with Crippen LogP contribution in [-0.2, 0) is 5.41 Å². The number of nitrogens with zero attached hydrogens (tertiary/aromatic N) is 1. The van der Waals surface area contributed by atoms with Crippen LogP contribution in [0.15, 0.2) is 146 Å². The average molecular weight is 529 g/mol. The van der Waals surface area contributed by atoms with Gasteiger partial charge in [-0.25, -0.2) is 0 Å². The Bertz CT molecular complexity index is 2040. The van der Waals surface area contributed by atoms with Crippen molar-refractivity contribution in [3.05, 3.63) is 168 Å². The predicted octanol–water partition coefficient (Wildman–Crippen LogP) is 9.95. The van der Waals surface area contributed by atoms with E-state index in [0.29, 0.717) is 0 Å². The molecule has 0 spiro atoms. The highest BCUT2D eigenvalue weighted by Gasteiger charge is 2.46. The molecule has 0 bridgehead atoms. The lowest BCUT2D eigenvalue weighted by Crippen LogP contribution is -2.28. The SMILES string of the molecule is C=[N+](c1cccc(C2(c3ccccc3)c3ccccc3-c3ccccc32)c1)c1ccc2sc3ccccc3c2c1. The summed E-state index contributed by atoms with van der Waals surface area (Å²) >= 11 is 1.84. The van der Waals surface area contributed by atoms with Crippen LogP contribution in [0.4, 0.5) is 11.4 Å². The lowest BCUT2D eigenvalue weighted by atomic mass is 9.67. The molecule has 0 fully saturated rings. The van der Waals surface area contributed by atoms with Crippen LogP contribution in [-0.4, -0.2) is 6.72 Å². The molecular weight excluding hydrogens is 502 g/mol. The normalized spacial score (nSPS) is 13.3. The maximum atomic E-state index is 4.54. The quantitative estimate of drug-likeness (QED) is 0.158. The monoisotopic (exact) mass is 528 g/mol. The van der Waals surface area contributed by atoms with Crippen molar-refractivity contribution < 1.29 is 0 Å². The van der Waals surface area contributed by atoms with Crippen LogP contribution in [0.3, 0.4) is 0 Å².